The van der Waals surface area contributed by atoms with Gasteiger partial charge < -0.3 is 20.3 Å². The monoisotopic (exact) mass is 347 g/mol. The lowest BCUT2D eigenvalue weighted by atomic mass is 10.2. The van der Waals surface area contributed by atoms with Crippen LogP contribution in [-0.2, 0) is 9.53 Å². The maximum Gasteiger partial charge on any atom is 0.254 e. The lowest BCUT2D eigenvalue weighted by Crippen LogP contribution is -2.45. The van der Waals surface area contributed by atoms with Crippen molar-refractivity contribution >= 4 is 42.1 Å². The number of halogens is 2. The number of morpholine rings is 1. The molecule has 1 amide bonds. The molecule has 3 rings (SSSR count). The van der Waals surface area contributed by atoms with Gasteiger partial charge in [0.25, 0.3) is 5.91 Å². The average molecular weight is 348 g/mol. The van der Waals surface area contributed by atoms with Crippen molar-refractivity contribution in [2.75, 3.05) is 43.0 Å². The van der Waals surface area contributed by atoms with Crippen LogP contribution in [0.5, 0.6) is 0 Å². The Labute approximate surface area is 143 Å². The Morgan fingerprint density at radius 2 is 1.95 bits per heavy atom. The largest absolute Gasteiger partial charge is 0.370 e. The fraction of sp³-hybridized carbons (Fsp3) is 0.533. The topological polar surface area (TPSA) is 53.6 Å². The van der Waals surface area contributed by atoms with Crippen LogP contribution in [0.1, 0.15) is 12.8 Å². The van der Waals surface area contributed by atoms with E-state index in [9.17, 15) is 4.79 Å². The van der Waals surface area contributed by atoms with Crippen molar-refractivity contribution in [2.45, 2.75) is 18.9 Å². The minimum absolute atomic E-state index is 0. The molecule has 2 aliphatic heterocycles. The van der Waals surface area contributed by atoms with Gasteiger partial charge in [0, 0.05) is 26.2 Å². The second-order valence-electron chi connectivity index (χ2n) is 5.26. The summed E-state index contributed by atoms with van der Waals surface area (Å²) in [4.78, 5) is 14.6. The average Bonchev–Trinajstić information content (AvgIpc) is 3.03. The summed E-state index contributed by atoms with van der Waals surface area (Å²) >= 11 is 0. The Hall–Kier alpha value is -1.01. The molecule has 1 atom stereocenters. The highest BCUT2D eigenvalue weighted by Gasteiger charge is 2.23. The number of rotatable bonds is 3. The molecule has 1 unspecified atom stereocenters. The van der Waals surface area contributed by atoms with E-state index in [1.807, 2.05) is 18.2 Å². The van der Waals surface area contributed by atoms with Crippen molar-refractivity contribution in [3.8, 4) is 0 Å². The minimum atomic E-state index is -0.393. The van der Waals surface area contributed by atoms with E-state index < -0.39 is 6.10 Å². The van der Waals surface area contributed by atoms with Crippen molar-refractivity contribution in [2.24, 2.45) is 0 Å². The normalized spacial score (nSPS) is 20.7. The summed E-state index contributed by atoms with van der Waals surface area (Å²) in [5.41, 5.74) is 2.00. The third kappa shape index (κ3) is 4.49. The van der Waals surface area contributed by atoms with Crippen LogP contribution < -0.4 is 15.5 Å². The first-order valence-electron chi connectivity index (χ1n) is 7.32. The molecule has 124 valence electrons. The fourth-order valence-electron chi connectivity index (χ4n) is 2.76. The van der Waals surface area contributed by atoms with Gasteiger partial charge >= 0.3 is 0 Å². The molecule has 2 saturated heterocycles. The van der Waals surface area contributed by atoms with Crippen molar-refractivity contribution < 1.29 is 9.53 Å². The van der Waals surface area contributed by atoms with Gasteiger partial charge in [-0.2, -0.15) is 0 Å². The molecule has 0 bridgehead atoms. The van der Waals surface area contributed by atoms with Gasteiger partial charge in [0.2, 0.25) is 0 Å². The number of nitrogens with one attached hydrogen (secondary N) is 2. The van der Waals surface area contributed by atoms with E-state index in [4.69, 9.17) is 4.74 Å². The lowest BCUT2D eigenvalue weighted by Gasteiger charge is -2.25. The van der Waals surface area contributed by atoms with Crippen LogP contribution >= 0.6 is 24.8 Å². The van der Waals surface area contributed by atoms with Gasteiger partial charge in [-0.3, -0.25) is 4.79 Å². The lowest BCUT2D eigenvalue weighted by molar-refractivity contribution is -0.128. The standard InChI is InChI=1S/C15H21N3O2.2ClH/c19-15(14-11-16-7-10-20-14)17-12-5-1-2-6-13(12)18-8-3-4-9-18;;/h1-2,5-6,14,16H,3-4,7-11H2,(H,17,19);2*1H. The molecule has 0 radical (unpaired) electrons. The predicted molar refractivity (Wildman–Crippen MR) is 93.6 cm³/mol. The molecule has 0 aromatic heterocycles. The molecule has 1 aromatic rings. The SMILES string of the molecule is Cl.Cl.O=C(Nc1ccccc1N1CCCC1)C1CNCCO1. The number of para-hydroxylation sites is 2. The van der Waals surface area contributed by atoms with E-state index in [1.54, 1.807) is 0 Å². The molecule has 2 N–H and O–H groups in total. The molecule has 22 heavy (non-hydrogen) atoms. The Morgan fingerprint density at radius 3 is 2.64 bits per heavy atom. The van der Waals surface area contributed by atoms with Gasteiger partial charge in [0.1, 0.15) is 6.10 Å². The van der Waals surface area contributed by atoms with Gasteiger partial charge in [-0.15, -0.1) is 24.8 Å². The molecule has 5 nitrogen and oxygen atoms in total. The summed E-state index contributed by atoms with van der Waals surface area (Å²) in [7, 11) is 0. The number of amides is 1. The highest BCUT2D eigenvalue weighted by atomic mass is 35.5. The Bertz CT molecular complexity index is 476. The van der Waals surface area contributed by atoms with Crippen LogP contribution in [0.4, 0.5) is 11.4 Å². The Kier molecular flexibility index (Phi) is 7.96. The van der Waals surface area contributed by atoms with Crippen molar-refractivity contribution in [1.82, 2.24) is 5.32 Å². The summed E-state index contributed by atoms with van der Waals surface area (Å²) in [5.74, 6) is -0.0659. The molecular weight excluding hydrogens is 325 g/mol. The summed E-state index contributed by atoms with van der Waals surface area (Å²) in [6.07, 6.45) is 2.05. The van der Waals surface area contributed by atoms with Gasteiger partial charge in [0.05, 0.1) is 18.0 Å². The second kappa shape index (κ2) is 9.20. The van der Waals surface area contributed by atoms with Gasteiger partial charge in [-0.25, -0.2) is 0 Å². The second-order valence-corrected chi connectivity index (χ2v) is 5.26. The maximum atomic E-state index is 12.2. The number of benzene rings is 1. The zero-order valence-electron chi connectivity index (χ0n) is 12.4. The van der Waals surface area contributed by atoms with Crippen molar-refractivity contribution in [3.63, 3.8) is 0 Å². The van der Waals surface area contributed by atoms with Crippen LogP contribution in [-0.4, -0.2) is 44.8 Å². The van der Waals surface area contributed by atoms with E-state index in [0.29, 0.717) is 13.2 Å². The van der Waals surface area contributed by atoms with Gasteiger partial charge in [-0.1, -0.05) is 12.1 Å². The predicted octanol–water partition coefficient (Wildman–Crippen LogP) is 2.06. The first-order chi connectivity index (χ1) is 9.84. The molecular formula is C15H23Cl2N3O2. The number of ether oxygens (including phenoxy) is 1. The van der Waals surface area contributed by atoms with E-state index in [-0.39, 0.29) is 30.7 Å². The quantitative estimate of drug-likeness (QED) is 0.878. The third-order valence-electron chi connectivity index (χ3n) is 3.83. The number of hydrogen-bond acceptors (Lipinski definition) is 4. The van der Waals surface area contributed by atoms with Crippen LogP contribution in [0, 0.1) is 0 Å². The molecule has 2 fully saturated rings. The zero-order chi connectivity index (χ0) is 13.8. The maximum absolute atomic E-state index is 12.2. The number of carbonyl (C=O) groups is 1. The van der Waals surface area contributed by atoms with E-state index >= 15 is 0 Å². The molecule has 1 aromatic carbocycles. The van der Waals surface area contributed by atoms with Gasteiger partial charge in [0.15, 0.2) is 0 Å². The summed E-state index contributed by atoms with van der Waals surface area (Å²) in [6.45, 7) is 4.11. The highest BCUT2D eigenvalue weighted by molar-refractivity contribution is 5.97. The Morgan fingerprint density at radius 1 is 1.23 bits per heavy atom. The molecule has 2 heterocycles. The first-order valence-corrected chi connectivity index (χ1v) is 7.32. The van der Waals surface area contributed by atoms with Crippen molar-refractivity contribution in [3.05, 3.63) is 24.3 Å². The van der Waals surface area contributed by atoms with Crippen molar-refractivity contribution in [1.29, 1.82) is 0 Å². The molecule has 0 saturated carbocycles. The minimum Gasteiger partial charge on any atom is -0.370 e. The zero-order valence-corrected chi connectivity index (χ0v) is 14.0. The number of anilines is 2. The van der Waals surface area contributed by atoms with E-state index in [0.717, 1.165) is 31.0 Å². The first kappa shape index (κ1) is 19.0. The molecule has 2 aliphatic rings. The fourth-order valence-corrected chi connectivity index (χ4v) is 2.76. The summed E-state index contributed by atoms with van der Waals surface area (Å²) in [5, 5.41) is 6.19. The summed E-state index contributed by atoms with van der Waals surface area (Å²) < 4.78 is 5.49. The number of nitrogens with zero attached hydrogens (tertiary/aromatic N) is 1. The van der Waals surface area contributed by atoms with Crippen LogP contribution in [0.15, 0.2) is 24.3 Å². The smallest absolute Gasteiger partial charge is 0.254 e. The molecule has 7 heteroatoms. The van der Waals surface area contributed by atoms with E-state index in [2.05, 4.69) is 21.6 Å². The van der Waals surface area contributed by atoms with Crippen LogP contribution in [0.3, 0.4) is 0 Å². The Balaban J connectivity index is 0.00000121. The number of carbonyl (C=O) groups excluding carboxylic acids is 1. The van der Waals surface area contributed by atoms with Crippen LogP contribution in [0.25, 0.3) is 0 Å². The van der Waals surface area contributed by atoms with Crippen LogP contribution in [0.2, 0.25) is 0 Å². The highest BCUT2D eigenvalue weighted by Crippen LogP contribution is 2.28. The van der Waals surface area contributed by atoms with E-state index in [1.165, 1.54) is 12.8 Å². The van der Waals surface area contributed by atoms with Gasteiger partial charge in [-0.05, 0) is 25.0 Å². The summed E-state index contributed by atoms with van der Waals surface area (Å²) in [6, 6.07) is 8.00. The number of hydrogen-bond donors (Lipinski definition) is 2. The molecule has 0 spiro atoms. The third-order valence-corrected chi connectivity index (χ3v) is 3.83. The molecule has 0 aliphatic carbocycles.